The number of anilines is 4. The van der Waals surface area contributed by atoms with Crippen molar-refractivity contribution in [2.75, 3.05) is 41.7 Å². The molecule has 13 heteroatoms. The van der Waals surface area contributed by atoms with Gasteiger partial charge in [0.05, 0.1) is 22.6 Å². The average molecular weight is 476 g/mol. The molecule has 33 heavy (non-hydrogen) atoms. The van der Waals surface area contributed by atoms with Crippen LogP contribution in [0.1, 0.15) is 18.5 Å². The van der Waals surface area contributed by atoms with E-state index in [1.807, 2.05) is 11.0 Å². The summed E-state index contributed by atoms with van der Waals surface area (Å²) in [5.74, 6) is 0.556. The van der Waals surface area contributed by atoms with Gasteiger partial charge in [0, 0.05) is 44.4 Å². The van der Waals surface area contributed by atoms with E-state index in [1.165, 1.54) is 22.8 Å². The molecule has 3 heterocycles. The number of benzene rings is 1. The number of alkyl halides is 2. The van der Waals surface area contributed by atoms with Gasteiger partial charge >= 0.3 is 6.61 Å². The number of nitrogens with one attached hydrogen (secondary N) is 3. The lowest BCUT2D eigenvalue weighted by atomic mass is 10.2. The molecule has 2 fully saturated rings. The smallest absolute Gasteiger partial charge is 0.387 e. The lowest BCUT2D eigenvalue weighted by molar-refractivity contribution is -0.0497. The lowest BCUT2D eigenvalue weighted by Gasteiger charge is -2.31. The third-order valence-corrected chi connectivity index (χ3v) is 5.75. The van der Waals surface area contributed by atoms with Gasteiger partial charge in [-0.05, 0) is 12.8 Å². The molecular weight excluding hydrogens is 456 g/mol. The number of imidazole rings is 1. The fourth-order valence-electron chi connectivity index (χ4n) is 3.63. The number of halogens is 3. The second kappa shape index (κ2) is 8.84. The summed E-state index contributed by atoms with van der Waals surface area (Å²) < 4.78 is 32.0. The minimum Gasteiger partial charge on any atom is -0.435 e. The summed E-state index contributed by atoms with van der Waals surface area (Å²) in [6.45, 7) is -0.175. The number of aromatic nitrogens is 4. The monoisotopic (exact) mass is 475 g/mol. The van der Waals surface area contributed by atoms with Gasteiger partial charge in [-0.2, -0.15) is 23.5 Å². The Kier molecular flexibility index (Phi) is 5.74. The van der Waals surface area contributed by atoms with Crippen LogP contribution in [0.15, 0.2) is 18.3 Å². The molecule has 0 unspecified atom stereocenters. The maximum Gasteiger partial charge on any atom is 0.387 e. The average Bonchev–Trinajstić information content (AvgIpc) is 3.52. The summed E-state index contributed by atoms with van der Waals surface area (Å²) in [4.78, 5) is 10.7. The van der Waals surface area contributed by atoms with Crippen LogP contribution in [0.5, 0.6) is 5.75 Å². The van der Waals surface area contributed by atoms with Gasteiger partial charge in [-0.3, -0.25) is 0 Å². The van der Waals surface area contributed by atoms with Gasteiger partial charge in [-0.25, -0.2) is 4.98 Å². The molecule has 2 aromatic heterocycles. The predicted octanol–water partition coefficient (Wildman–Crippen LogP) is 2.98. The summed E-state index contributed by atoms with van der Waals surface area (Å²) in [5, 5.41) is 23.6. The second-order valence-electron chi connectivity index (χ2n) is 7.74. The van der Waals surface area contributed by atoms with E-state index in [4.69, 9.17) is 11.6 Å². The van der Waals surface area contributed by atoms with Crippen molar-refractivity contribution in [2.45, 2.75) is 25.5 Å². The second-order valence-corrected chi connectivity index (χ2v) is 8.12. The molecule has 1 aliphatic heterocycles. The van der Waals surface area contributed by atoms with Crippen LogP contribution in [-0.4, -0.2) is 58.4 Å². The quantitative estimate of drug-likeness (QED) is 0.474. The largest absolute Gasteiger partial charge is 0.435 e. The van der Waals surface area contributed by atoms with Crippen molar-refractivity contribution in [3.63, 3.8) is 0 Å². The molecule has 10 nitrogen and oxygen atoms in total. The van der Waals surface area contributed by atoms with Crippen molar-refractivity contribution in [3.05, 3.63) is 29.0 Å². The Morgan fingerprint density at radius 2 is 2.06 bits per heavy atom. The molecule has 1 aromatic carbocycles. The maximum absolute atomic E-state index is 13.0. The number of piperazine rings is 1. The van der Waals surface area contributed by atoms with Crippen molar-refractivity contribution in [1.82, 2.24) is 24.9 Å². The summed E-state index contributed by atoms with van der Waals surface area (Å²) >= 11 is 6.68. The van der Waals surface area contributed by atoms with Crippen LogP contribution in [0, 0.1) is 11.3 Å². The highest BCUT2D eigenvalue weighted by Crippen LogP contribution is 2.39. The zero-order valence-electron chi connectivity index (χ0n) is 17.4. The van der Waals surface area contributed by atoms with Crippen molar-refractivity contribution in [1.29, 1.82) is 5.26 Å². The van der Waals surface area contributed by atoms with Crippen LogP contribution in [0.3, 0.4) is 0 Å². The van der Waals surface area contributed by atoms with Crippen LogP contribution < -0.4 is 25.6 Å². The molecule has 0 radical (unpaired) electrons. The van der Waals surface area contributed by atoms with Crippen molar-refractivity contribution < 1.29 is 13.5 Å². The molecule has 2 aliphatic rings. The van der Waals surface area contributed by atoms with E-state index in [0.29, 0.717) is 41.0 Å². The zero-order valence-corrected chi connectivity index (χ0v) is 18.1. The first-order valence-corrected chi connectivity index (χ1v) is 10.8. The highest BCUT2D eigenvalue weighted by Gasteiger charge is 2.25. The summed E-state index contributed by atoms with van der Waals surface area (Å²) in [5.41, 5.74) is 1.53. The van der Waals surface area contributed by atoms with Gasteiger partial charge in [0.2, 0.25) is 5.95 Å². The van der Waals surface area contributed by atoms with E-state index in [-0.39, 0.29) is 23.4 Å². The Balaban J connectivity index is 1.55. The van der Waals surface area contributed by atoms with Gasteiger partial charge in [0.1, 0.15) is 11.8 Å². The normalized spacial score (nSPS) is 16.2. The molecule has 1 saturated carbocycles. The van der Waals surface area contributed by atoms with Gasteiger partial charge in [0.25, 0.3) is 0 Å². The number of fused-ring (bicyclic) bond motifs is 1. The fraction of sp³-hybridized carbons (Fsp3) is 0.400. The first kappa shape index (κ1) is 21.4. The van der Waals surface area contributed by atoms with E-state index >= 15 is 0 Å². The lowest BCUT2D eigenvalue weighted by Crippen LogP contribution is -2.43. The number of nitriles is 1. The number of hydrogen-bond acceptors (Lipinski definition) is 9. The van der Waals surface area contributed by atoms with E-state index in [1.54, 1.807) is 0 Å². The standard InChI is InChI=1S/C20H20ClF2N9O/c21-16-14(7-13(33-19(22)23)8-15(16)31-5-3-25-4-6-31)28-20-29-17(27-11-1-2-11)18-26-10-12(9-24)32(18)30-20/h7-8,10-11,19,25H,1-6H2,(H2,27,28,29,30). The Morgan fingerprint density at radius 3 is 2.76 bits per heavy atom. The molecule has 1 aliphatic carbocycles. The minimum absolute atomic E-state index is 0.0387. The third kappa shape index (κ3) is 4.55. The topological polar surface area (TPSA) is 115 Å². The van der Waals surface area contributed by atoms with E-state index < -0.39 is 6.61 Å². The molecule has 5 rings (SSSR count). The Hall–Kier alpha value is -3.43. The molecule has 0 amide bonds. The molecule has 0 atom stereocenters. The maximum atomic E-state index is 13.0. The van der Waals surface area contributed by atoms with Gasteiger partial charge < -0.3 is 25.6 Å². The molecule has 1 saturated heterocycles. The number of rotatable bonds is 7. The van der Waals surface area contributed by atoms with Crippen LogP contribution in [0.4, 0.5) is 31.9 Å². The van der Waals surface area contributed by atoms with Crippen LogP contribution in [-0.2, 0) is 0 Å². The minimum atomic E-state index is -2.99. The fourth-order valence-corrected chi connectivity index (χ4v) is 3.91. The molecule has 3 N–H and O–H groups in total. The van der Waals surface area contributed by atoms with Crippen molar-refractivity contribution in [3.8, 4) is 11.8 Å². The summed E-state index contributed by atoms with van der Waals surface area (Å²) in [7, 11) is 0. The number of nitrogens with zero attached hydrogens (tertiary/aromatic N) is 6. The van der Waals surface area contributed by atoms with Crippen LogP contribution in [0.2, 0.25) is 5.02 Å². The van der Waals surface area contributed by atoms with Gasteiger partial charge in [0.15, 0.2) is 17.2 Å². The number of ether oxygens (including phenoxy) is 1. The summed E-state index contributed by atoms with van der Waals surface area (Å²) in [6.07, 6.45) is 3.44. The van der Waals surface area contributed by atoms with E-state index in [2.05, 4.69) is 35.8 Å². The molecule has 172 valence electrons. The highest BCUT2D eigenvalue weighted by molar-refractivity contribution is 6.36. The van der Waals surface area contributed by atoms with Crippen molar-refractivity contribution in [2.24, 2.45) is 0 Å². The highest BCUT2D eigenvalue weighted by atomic mass is 35.5. The van der Waals surface area contributed by atoms with Gasteiger partial charge in [-0.1, -0.05) is 11.6 Å². The molecule has 0 bridgehead atoms. The molecule has 3 aromatic rings. The van der Waals surface area contributed by atoms with Crippen LogP contribution in [0.25, 0.3) is 5.65 Å². The predicted molar refractivity (Wildman–Crippen MR) is 119 cm³/mol. The first-order chi connectivity index (χ1) is 16.0. The zero-order chi connectivity index (χ0) is 22.9. The van der Waals surface area contributed by atoms with E-state index in [0.717, 1.165) is 25.9 Å². The third-order valence-electron chi connectivity index (χ3n) is 5.35. The molecule has 0 spiro atoms. The Bertz CT molecular complexity index is 1220. The van der Waals surface area contributed by atoms with E-state index in [9.17, 15) is 14.0 Å². The SMILES string of the molecule is N#Cc1cnc2c(NC3CC3)nc(Nc3cc(OC(F)F)cc(N4CCNCC4)c3Cl)nn12. The van der Waals surface area contributed by atoms with Crippen molar-refractivity contribution >= 4 is 40.4 Å². The molecular formula is C20H20ClF2N9O. The van der Waals surface area contributed by atoms with Gasteiger partial charge in [-0.15, -0.1) is 5.10 Å². The van der Waals surface area contributed by atoms with Crippen LogP contribution >= 0.6 is 11.6 Å². The number of hydrogen-bond donors (Lipinski definition) is 3. The first-order valence-electron chi connectivity index (χ1n) is 10.5. The summed E-state index contributed by atoms with van der Waals surface area (Å²) in [6, 6.07) is 5.20. The Labute approximate surface area is 192 Å². The Morgan fingerprint density at radius 1 is 1.27 bits per heavy atom.